The van der Waals surface area contributed by atoms with Crippen LogP contribution in [-0.2, 0) is 6.42 Å². The van der Waals surface area contributed by atoms with Crippen LogP contribution in [0.4, 0.5) is 0 Å². The molecule has 106 valence electrons. The summed E-state index contributed by atoms with van der Waals surface area (Å²) in [7, 11) is 0. The van der Waals surface area contributed by atoms with Gasteiger partial charge >= 0.3 is 0 Å². The Balaban J connectivity index is 1.62. The Morgan fingerprint density at radius 2 is 1.81 bits per heavy atom. The quantitative estimate of drug-likeness (QED) is 0.539. The lowest BCUT2D eigenvalue weighted by Crippen LogP contribution is -1.97. The maximum absolute atomic E-state index is 5.41. The lowest BCUT2D eigenvalue weighted by Gasteiger charge is -2.02. The summed E-state index contributed by atoms with van der Waals surface area (Å²) >= 11 is 0. The summed E-state index contributed by atoms with van der Waals surface area (Å²) in [6, 6.07) is 18.0. The van der Waals surface area contributed by atoms with Gasteiger partial charge in [-0.05, 0) is 43.5 Å². The third-order valence-corrected chi connectivity index (χ3v) is 3.48. The van der Waals surface area contributed by atoms with Crippen molar-refractivity contribution >= 4 is 16.6 Å². The van der Waals surface area contributed by atoms with Crippen molar-refractivity contribution in [3.8, 4) is 5.75 Å². The molecule has 0 aliphatic heterocycles. The smallest absolute Gasteiger partial charge is 0.157 e. The van der Waals surface area contributed by atoms with Gasteiger partial charge in [0, 0.05) is 17.1 Å². The zero-order valence-corrected chi connectivity index (χ0v) is 12.0. The van der Waals surface area contributed by atoms with E-state index in [0.717, 1.165) is 24.3 Å². The molecule has 21 heavy (non-hydrogen) atoms. The van der Waals surface area contributed by atoms with Crippen LogP contribution in [0, 0.1) is 0 Å². The van der Waals surface area contributed by atoms with Crippen molar-refractivity contribution in [2.45, 2.75) is 19.8 Å². The molecular weight excluding hydrogens is 260 g/mol. The molecule has 0 saturated carbocycles. The second-order valence-corrected chi connectivity index (χ2v) is 5.09. The predicted molar refractivity (Wildman–Crippen MR) is 86.8 cm³/mol. The predicted octanol–water partition coefficient (Wildman–Crippen LogP) is 4.56. The number of fused-ring (bicyclic) bond motifs is 1. The Hall–Kier alpha value is -2.55. The van der Waals surface area contributed by atoms with Crippen molar-refractivity contribution in [1.82, 2.24) is 4.98 Å². The maximum atomic E-state index is 5.41. The van der Waals surface area contributed by atoms with Crippen molar-refractivity contribution < 1.29 is 4.84 Å². The summed E-state index contributed by atoms with van der Waals surface area (Å²) in [5.74, 6) is 0.768. The topological polar surface area (TPSA) is 37.4 Å². The van der Waals surface area contributed by atoms with E-state index in [1.807, 2.05) is 43.3 Å². The summed E-state index contributed by atoms with van der Waals surface area (Å²) in [5.41, 5.74) is 3.49. The highest BCUT2D eigenvalue weighted by atomic mass is 16.6. The van der Waals surface area contributed by atoms with Crippen molar-refractivity contribution in [2.75, 3.05) is 0 Å². The molecule has 3 heteroatoms. The van der Waals surface area contributed by atoms with Crippen LogP contribution in [0.5, 0.6) is 5.75 Å². The molecule has 0 amide bonds. The van der Waals surface area contributed by atoms with Gasteiger partial charge in [-0.25, -0.2) is 0 Å². The van der Waals surface area contributed by atoms with Gasteiger partial charge in [-0.3, -0.25) is 0 Å². The molecule has 0 aliphatic carbocycles. The number of benzene rings is 2. The third kappa shape index (κ3) is 3.31. The van der Waals surface area contributed by atoms with Crippen LogP contribution in [-0.4, -0.2) is 10.7 Å². The third-order valence-electron chi connectivity index (χ3n) is 3.48. The minimum Gasteiger partial charge on any atom is -0.361 e. The Labute approximate surface area is 124 Å². The number of aromatic amines is 1. The minimum atomic E-state index is 0.768. The van der Waals surface area contributed by atoms with E-state index in [2.05, 4.69) is 34.5 Å². The molecule has 1 N–H and O–H groups in total. The summed E-state index contributed by atoms with van der Waals surface area (Å²) in [5, 5.41) is 5.47. The van der Waals surface area contributed by atoms with Gasteiger partial charge in [0.05, 0.1) is 5.71 Å². The van der Waals surface area contributed by atoms with E-state index in [0.29, 0.717) is 0 Å². The highest BCUT2D eigenvalue weighted by Gasteiger charge is 2.03. The average Bonchev–Trinajstić information content (AvgIpc) is 2.95. The number of oxime groups is 1. The van der Waals surface area contributed by atoms with E-state index >= 15 is 0 Å². The summed E-state index contributed by atoms with van der Waals surface area (Å²) in [6.45, 7) is 2.00. The molecule has 0 fully saturated rings. The number of aromatic nitrogens is 1. The van der Waals surface area contributed by atoms with Crippen LogP contribution in [0.15, 0.2) is 65.9 Å². The van der Waals surface area contributed by atoms with Crippen LogP contribution >= 0.6 is 0 Å². The van der Waals surface area contributed by atoms with Gasteiger partial charge in [0.15, 0.2) is 5.75 Å². The van der Waals surface area contributed by atoms with Gasteiger partial charge in [0.1, 0.15) is 0 Å². The monoisotopic (exact) mass is 278 g/mol. The standard InChI is InChI=1S/C18H18N2O/c1-14(20-21-16-7-3-2-4-8-16)11-12-15-13-19-18-10-6-5-9-17(15)18/h2-10,13,19H,11-12H2,1H3/b20-14+. The molecule has 0 unspecified atom stereocenters. The first-order valence-electron chi connectivity index (χ1n) is 7.13. The van der Waals surface area contributed by atoms with E-state index in [1.165, 1.54) is 16.5 Å². The average molecular weight is 278 g/mol. The van der Waals surface area contributed by atoms with E-state index in [1.54, 1.807) is 0 Å². The van der Waals surface area contributed by atoms with Crippen LogP contribution in [0.1, 0.15) is 18.9 Å². The molecule has 3 aromatic rings. The first kappa shape index (κ1) is 13.4. The van der Waals surface area contributed by atoms with Gasteiger partial charge < -0.3 is 9.82 Å². The number of nitrogens with zero attached hydrogens (tertiary/aromatic N) is 1. The molecule has 0 saturated heterocycles. The highest BCUT2D eigenvalue weighted by Crippen LogP contribution is 2.19. The molecule has 0 spiro atoms. The SMILES string of the molecule is C/C(CCc1c[nH]c2ccccc12)=N\Oc1ccccc1. The van der Waals surface area contributed by atoms with Crippen LogP contribution in [0.25, 0.3) is 10.9 Å². The number of aryl methyl sites for hydroxylation is 1. The van der Waals surface area contributed by atoms with Gasteiger partial charge in [-0.2, -0.15) is 0 Å². The Morgan fingerprint density at radius 1 is 1.05 bits per heavy atom. The molecular formula is C18H18N2O. The fourth-order valence-electron chi connectivity index (χ4n) is 2.31. The van der Waals surface area contributed by atoms with E-state index in [4.69, 9.17) is 4.84 Å². The highest BCUT2D eigenvalue weighted by molar-refractivity contribution is 5.85. The Morgan fingerprint density at radius 3 is 2.67 bits per heavy atom. The molecule has 3 rings (SSSR count). The lowest BCUT2D eigenvalue weighted by molar-refractivity contribution is 0.339. The number of rotatable bonds is 5. The molecule has 0 aliphatic rings. The normalized spacial score (nSPS) is 11.8. The fourth-order valence-corrected chi connectivity index (χ4v) is 2.31. The molecule has 3 nitrogen and oxygen atoms in total. The van der Waals surface area contributed by atoms with Gasteiger partial charge in [-0.15, -0.1) is 0 Å². The largest absolute Gasteiger partial charge is 0.361 e. The van der Waals surface area contributed by atoms with Crippen molar-refractivity contribution in [1.29, 1.82) is 0 Å². The van der Waals surface area contributed by atoms with Crippen molar-refractivity contribution in [3.05, 3.63) is 66.4 Å². The summed E-state index contributed by atoms with van der Waals surface area (Å²) < 4.78 is 0. The second-order valence-electron chi connectivity index (χ2n) is 5.09. The summed E-state index contributed by atoms with van der Waals surface area (Å²) in [4.78, 5) is 8.70. The number of H-pyrrole nitrogens is 1. The van der Waals surface area contributed by atoms with Gasteiger partial charge in [-0.1, -0.05) is 41.6 Å². The van der Waals surface area contributed by atoms with Gasteiger partial charge in [0.2, 0.25) is 0 Å². The van der Waals surface area contributed by atoms with Crippen LogP contribution < -0.4 is 4.84 Å². The minimum absolute atomic E-state index is 0.768. The molecule has 1 aromatic heterocycles. The second kappa shape index (κ2) is 6.27. The Bertz CT molecular complexity index is 744. The molecule has 0 radical (unpaired) electrons. The van der Waals surface area contributed by atoms with Crippen molar-refractivity contribution in [3.63, 3.8) is 0 Å². The molecule has 2 aromatic carbocycles. The van der Waals surface area contributed by atoms with Crippen LogP contribution in [0.3, 0.4) is 0 Å². The van der Waals surface area contributed by atoms with Gasteiger partial charge in [0.25, 0.3) is 0 Å². The van der Waals surface area contributed by atoms with Crippen LogP contribution in [0.2, 0.25) is 0 Å². The molecule has 1 heterocycles. The van der Waals surface area contributed by atoms with E-state index in [9.17, 15) is 0 Å². The van der Waals surface area contributed by atoms with Crippen molar-refractivity contribution in [2.24, 2.45) is 5.16 Å². The zero-order chi connectivity index (χ0) is 14.5. The maximum Gasteiger partial charge on any atom is 0.157 e. The fraction of sp³-hybridized carbons (Fsp3) is 0.167. The number of nitrogens with one attached hydrogen (secondary N) is 1. The first-order chi connectivity index (χ1) is 10.3. The van der Waals surface area contributed by atoms with E-state index < -0.39 is 0 Å². The number of hydrogen-bond acceptors (Lipinski definition) is 2. The zero-order valence-electron chi connectivity index (χ0n) is 12.0. The summed E-state index contributed by atoms with van der Waals surface area (Å²) in [6.07, 6.45) is 3.92. The lowest BCUT2D eigenvalue weighted by atomic mass is 10.1. The first-order valence-corrected chi connectivity index (χ1v) is 7.13. The number of para-hydroxylation sites is 2. The molecule has 0 bridgehead atoms. The Kier molecular flexibility index (Phi) is 4.01. The number of hydrogen-bond donors (Lipinski definition) is 1. The molecule has 0 atom stereocenters. The van der Waals surface area contributed by atoms with E-state index in [-0.39, 0.29) is 0 Å².